The highest BCUT2D eigenvalue weighted by Gasteiger charge is 2.20. The predicted molar refractivity (Wildman–Crippen MR) is 77.2 cm³/mol. The van der Waals surface area contributed by atoms with Crippen LogP contribution in [0.1, 0.15) is 26.3 Å². The molecule has 0 aromatic heterocycles. The van der Waals surface area contributed by atoms with E-state index in [2.05, 4.69) is 18.7 Å². The number of nitrogens with zero attached hydrogens (tertiary/aromatic N) is 1. The summed E-state index contributed by atoms with van der Waals surface area (Å²) in [6.45, 7) is 8.11. The summed E-state index contributed by atoms with van der Waals surface area (Å²) < 4.78 is 0. The van der Waals surface area contributed by atoms with Crippen molar-refractivity contribution in [2.45, 2.75) is 45.9 Å². The van der Waals surface area contributed by atoms with Crippen molar-refractivity contribution < 1.29 is 15.3 Å². The molecular formula is C15H25NO3. The van der Waals surface area contributed by atoms with Crippen molar-refractivity contribution in [1.29, 1.82) is 0 Å². The average molecular weight is 267 g/mol. The standard InChI is InChI=1S/C9H10.C6H15NO3/c1-2-6-9-7-4-3-5-8-9;1-4(8)7(5(2)9)6(3)10/h2-5,7-8H,1,6H2;4-6,8-10H,1-3H3. The Morgan fingerprint density at radius 2 is 1.42 bits per heavy atom. The number of aliphatic hydroxyl groups excluding tert-OH is 3. The molecule has 0 aliphatic carbocycles. The maximum Gasteiger partial charge on any atom is 0.108 e. The topological polar surface area (TPSA) is 63.9 Å². The molecular weight excluding hydrogens is 242 g/mol. The molecule has 1 rings (SSSR count). The van der Waals surface area contributed by atoms with Crippen LogP contribution in [0.4, 0.5) is 0 Å². The molecule has 4 heteroatoms. The molecule has 4 nitrogen and oxygen atoms in total. The van der Waals surface area contributed by atoms with Crippen LogP contribution in [-0.4, -0.2) is 38.9 Å². The van der Waals surface area contributed by atoms with Gasteiger partial charge in [0.2, 0.25) is 0 Å². The minimum Gasteiger partial charge on any atom is -0.379 e. The van der Waals surface area contributed by atoms with Crippen molar-refractivity contribution in [3.05, 3.63) is 48.6 Å². The van der Waals surface area contributed by atoms with Crippen LogP contribution in [-0.2, 0) is 6.42 Å². The molecule has 0 spiro atoms. The van der Waals surface area contributed by atoms with E-state index in [0.29, 0.717) is 0 Å². The molecule has 0 amide bonds. The summed E-state index contributed by atoms with van der Waals surface area (Å²) in [7, 11) is 0. The van der Waals surface area contributed by atoms with Gasteiger partial charge in [-0.3, -0.25) is 0 Å². The van der Waals surface area contributed by atoms with Gasteiger partial charge in [-0.25, -0.2) is 4.90 Å². The Balaban J connectivity index is 0.000000342. The first-order valence-corrected chi connectivity index (χ1v) is 6.36. The summed E-state index contributed by atoms with van der Waals surface area (Å²) in [6, 6.07) is 10.3. The minimum atomic E-state index is -0.833. The van der Waals surface area contributed by atoms with Gasteiger partial charge in [-0.15, -0.1) is 6.58 Å². The van der Waals surface area contributed by atoms with Crippen molar-refractivity contribution in [2.75, 3.05) is 0 Å². The summed E-state index contributed by atoms with van der Waals surface area (Å²) in [6.07, 6.45) is 0.385. The largest absolute Gasteiger partial charge is 0.379 e. The first-order chi connectivity index (χ1) is 8.90. The van der Waals surface area contributed by atoms with E-state index in [9.17, 15) is 0 Å². The zero-order valence-corrected chi connectivity index (χ0v) is 11.9. The van der Waals surface area contributed by atoms with Crippen molar-refractivity contribution in [3.63, 3.8) is 0 Å². The molecule has 3 atom stereocenters. The normalized spacial score (nSPS) is 15.1. The number of aliphatic hydroxyl groups is 3. The number of allylic oxidation sites excluding steroid dienone is 1. The molecule has 3 N–H and O–H groups in total. The highest BCUT2D eigenvalue weighted by Crippen LogP contribution is 2.04. The Bertz CT molecular complexity index is 317. The van der Waals surface area contributed by atoms with Gasteiger partial charge >= 0.3 is 0 Å². The monoisotopic (exact) mass is 267 g/mol. The number of benzene rings is 1. The third-order valence-electron chi connectivity index (χ3n) is 2.52. The second kappa shape index (κ2) is 9.69. The highest BCUT2D eigenvalue weighted by molar-refractivity contribution is 5.16. The lowest BCUT2D eigenvalue weighted by Crippen LogP contribution is -2.45. The molecule has 0 fully saturated rings. The molecule has 1 aromatic rings. The SMILES string of the molecule is C=CCc1ccccc1.CC(O)N(C(C)O)C(C)O. The maximum atomic E-state index is 8.96. The molecule has 0 radical (unpaired) electrons. The first kappa shape index (κ1) is 17.8. The van der Waals surface area contributed by atoms with Gasteiger partial charge in [0.1, 0.15) is 18.7 Å². The fraction of sp³-hybridized carbons (Fsp3) is 0.467. The van der Waals surface area contributed by atoms with Crippen LogP contribution in [0.25, 0.3) is 0 Å². The minimum absolute atomic E-state index is 0.833. The Labute approximate surface area is 115 Å². The lowest BCUT2D eigenvalue weighted by Gasteiger charge is -2.30. The van der Waals surface area contributed by atoms with E-state index in [0.717, 1.165) is 6.42 Å². The average Bonchev–Trinajstić information content (AvgIpc) is 2.29. The van der Waals surface area contributed by atoms with Gasteiger partial charge < -0.3 is 15.3 Å². The molecule has 108 valence electrons. The number of hydrogen-bond donors (Lipinski definition) is 3. The van der Waals surface area contributed by atoms with Crippen LogP contribution in [0.5, 0.6) is 0 Å². The van der Waals surface area contributed by atoms with Crippen LogP contribution in [0.2, 0.25) is 0 Å². The number of rotatable bonds is 5. The Morgan fingerprint density at radius 1 is 1.00 bits per heavy atom. The second-order valence-electron chi connectivity index (χ2n) is 4.32. The molecule has 0 aliphatic heterocycles. The predicted octanol–water partition coefficient (Wildman–Crippen LogP) is 1.72. The van der Waals surface area contributed by atoms with Crippen LogP contribution < -0.4 is 0 Å². The van der Waals surface area contributed by atoms with E-state index in [1.54, 1.807) is 0 Å². The smallest absolute Gasteiger partial charge is 0.108 e. The van der Waals surface area contributed by atoms with Gasteiger partial charge in [-0.2, -0.15) is 0 Å². The van der Waals surface area contributed by atoms with Crippen molar-refractivity contribution in [3.8, 4) is 0 Å². The quantitative estimate of drug-likeness (QED) is 0.561. The van der Waals surface area contributed by atoms with E-state index in [-0.39, 0.29) is 0 Å². The van der Waals surface area contributed by atoms with Crippen molar-refractivity contribution in [1.82, 2.24) is 4.90 Å². The van der Waals surface area contributed by atoms with E-state index in [1.165, 1.54) is 31.2 Å². The van der Waals surface area contributed by atoms with E-state index < -0.39 is 18.7 Å². The third kappa shape index (κ3) is 7.74. The van der Waals surface area contributed by atoms with Gasteiger partial charge in [-0.1, -0.05) is 36.4 Å². The molecule has 0 aliphatic rings. The van der Waals surface area contributed by atoms with Gasteiger partial charge in [0.25, 0.3) is 0 Å². The van der Waals surface area contributed by atoms with Crippen LogP contribution in [0, 0.1) is 0 Å². The molecule has 3 unspecified atom stereocenters. The molecule has 0 bridgehead atoms. The van der Waals surface area contributed by atoms with Crippen molar-refractivity contribution in [2.24, 2.45) is 0 Å². The number of hydrogen-bond acceptors (Lipinski definition) is 4. The van der Waals surface area contributed by atoms with E-state index >= 15 is 0 Å². The molecule has 19 heavy (non-hydrogen) atoms. The first-order valence-electron chi connectivity index (χ1n) is 6.36. The maximum absolute atomic E-state index is 8.96. The Hall–Kier alpha value is -1.20. The zero-order valence-electron chi connectivity index (χ0n) is 11.9. The van der Waals surface area contributed by atoms with E-state index in [4.69, 9.17) is 15.3 Å². The van der Waals surface area contributed by atoms with E-state index in [1.807, 2.05) is 24.3 Å². The van der Waals surface area contributed by atoms with Gasteiger partial charge in [0.15, 0.2) is 0 Å². The fourth-order valence-electron chi connectivity index (χ4n) is 1.72. The molecule has 1 aromatic carbocycles. The highest BCUT2D eigenvalue weighted by atomic mass is 16.4. The summed E-state index contributed by atoms with van der Waals surface area (Å²) in [5, 5.41) is 26.9. The summed E-state index contributed by atoms with van der Waals surface area (Å²) >= 11 is 0. The summed E-state index contributed by atoms with van der Waals surface area (Å²) in [5.41, 5.74) is 1.33. The van der Waals surface area contributed by atoms with Crippen molar-refractivity contribution >= 4 is 0 Å². The van der Waals surface area contributed by atoms with Crippen LogP contribution in [0.3, 0.4) is 0 Å². The molecule has 0 saturated carbocycles. The Morgan fingerprint density at radius 3 is 1.68 bits per heavy atom. The second-order valence-corrected chi connectivity index (χ2v) is 4.32. The Kier molecular flexibility index (Phi) is 9.08. The van der Waals surface area contributed by atoms with Crippen LogP contribution in [0.15, 0.2) is 43.0 Å². The lowest BCUT2D eigenvalue weighted by atomic mass is 10.2. The fourth-order valence-corrected chi connectivity index (χ4v) is 1.72. The van der Waals surface area contributed by atoms with Gasteiger partial charge in [-0.05, 0) is 32.8 Å². The van der Waals surface area contributed by atoms with Gasteiger partial charge in [0, 0.05) is 0 Å². The lowest BCUT2D eigenvalue weighted by molar-refractivity contribution is -0.159. The molecule has 0 saturated heterocycles. The van der Waals surface area contributed by atoms with Crippen LogP contribution >= 0.6 is 0 Å². The van der Waals surface area contributed by atoms with Gasteiger partial charge in [0.05, 0.1) is 0 Å². The third-order valence-corrected chi connectivity index (χ3v) is 2.52. The summed E-state index contributed by atoms with van der Waals surface area (Å²) in [5.74, 6) is 0. The summed E-state index contributed by atoms with van der Waals surface area (Å²) in [4.78, 5) is 1.17. The molecule has 0 heterocycles. The zero-order chi connectivity index (χ0) is 14.8.